The number of sulfonamides is 1. The third-order valence-electron chi connectivity index (χ3n) is 5.03. The van der Waals surface area contributed by atoms with Crippen molar-refractivity contribution in [1.29, 1.82) is 0 Å². The van der Waals surface area contributed by atoms with Crippen LogP contribution in [0.15, 0.2) is 48.5 Å². The van der Waals surface area contributed by atoms with E-state index < -0.39 is 21.7 Å². The summed E-state index contributed by atoms with van der Waals surface area (Å²) in [5.74, 6) is -0.562. The third kappa shape index (κ3) is 8.68. The maximum absolute atomic E-state index is 12.4. The Kier molecular flexibility index (Phi) is 8.71. The number of hydrogen-bond acceptors (Lipinski definition) is 6. The quantitative estimate of drug-likeness (QED) is 0.549. The van der Waals surface area contributed by atoms with Crippen LogP contribution in [0, 0.1) is 0 Å². The number of carbonyl (C=O) groups is 1. The molecule has 1 saturated heterocycles. The van der Waals surface area contributed by atoms with Gasteiger partial charge in [0.2, 0.25) is 15.9 Å². The predicted molar refractivity (Wildman–Crippen MR) is 129 cm³/mol. The molecule has 1 amide bonds. The van der Waals surface area contributed by atoms with Crippen molar-refractivity contribution in [1.82, 2.24) is 10.2 Å². The smallest absolute Gasteiger partial charge is 0.241 e. The van der Waals surface area contributed by atoms with Crippen LogP contribution in [0.5, 0.6) is 5.75 Å². The van der Waals surface area contributed by atoms with Crippen molar-refractivity contribution in [3.63, 3.8) is 0 Å². The summed E-state index contributed by atoms with van der Waals surface area (Å²) < 4.78 is 38.3. The molecule has 9 heteroatoms. The van der Waals surface area contributed by atoms with Gasteiger partial charge in [-0.2, -0.15) is 0 Å². The second-order valence-electron chi connectivity index (χ2n) is 8.57. The molecule has 0 bridgehead atoms. The molecule has 0 aromatic heterocycles. The first-order chi connectivity index (χ1) is 15.7. The largest absolute Gasteiger partial charge is 0.491 e. The van der Waals surface area contributed by atoms with Crippen LogP contribution in [0.4, 0.5) is 5.69 Å². The first-order valence-electron chi connectivity index (χ1n) is 11.1. The summed E-state index contributed by atoms with van der Waals surface area (Å²) in [5.41, 5.74) is 2.45. The lowest BCUT2D eigenvalue weighted by atomic mass is 10.1. The molecule has 1 fully saturated rings. The van der Waals surface area contributed by atoms with Crippen molar-refractivity contribution in [2.75, 3.05) is 30.2 Å². The van der Waals surface area contributed by atoms with E-state index in [1.807, 2.05) is 32.0 Å². The van der Waals surface area contributed by atoms with Crippen LogP contribution < -0.4 is 14.8 Å². The molecule has 180 valence electrons. The number of carbonyl (C=O) groups excluding carboxylic acids is 1. The molecule has 1 atom stereocenters. The van der Waals surface area contributed by atoms with Crippen LogP contribution in [0.3, 0.4) is 0 Å². The van der Waals surface area contributed by atoms with E-state index in [1.165, 1.54) is 0 Å². The van der Waals surface area contributed by atoms with Gasteiger partial charge in [0.05, 0.1) is 18.8 Å². The molecule has 0 radical (unpaired) electrons. The molecular formula is C24H33N3O5S. The van der Waals surface area contributed by atoms with Gasteiger partial charge in [0.1, 0.15) is 11.5 Å². The van der Waals surface area contributed by atoms with Gasteiger partial charge in [0.15, 0.2) is 0 Å². The third-order valence-corrected chi connectivity index (χ3v) is 6.22. The molecule has 1 unspecified atom stereocenters. The average Bonchev–Trinajstić information content (AvgIpc) is 2.73. The Bertz CT molecular complexity index is 1020. The number of ether oxygens (including phenoxy) is 2. The summed E-state index contributed by atoms with van der Waals surface area (Å²) in [4.78, 5) is 14.6. The van der Waals surface area contributed by atoms with Gasteiger partial charge in [-0.15, -0.1) is 0 Å². The first-order valence-corrected chi connectivity index (χ1v) is 12.8. The SMILES string of the molecule is CC(C)Oc1ccc(NS(=O)(=O)CC(=O)NCc2cccc(CN3CCOC(C)C3)c2)cc1. The van der Waals surface area contributed by atoms with Crippen LogP contribution in [0.1, 0.15) is 31.9 Å². The number of hydrogen-bond donors (Lipinski definition) is 2. The standard InChI is InChI=1S/C24H33N3O5S/c1-18(2)32-23-9-7-22(8-10-23)26-33(29,30)17-24(28)25-14-20-5-4-6-21(13-20)16-27-11-12-31-19(3)15-27/h4-10,13,18-19,26H,11-12,14-17H2,1-3H3,(H,25,28). The molecule has 1 heterocycles. The van der Waals surface area contributed by atoms with E-state index in [-0.39, 0.29) is 18.8 Å². The maximum atomic E-state index is 12.4. The van der Waals surface area contributed by atoms with Crippen molar-refractivity contribution in [3.8, 4) is 5.75 Å². The summed E-state index contributed by atoms with van der Waals surface area (Å²) >= 11 is 0. The average molecular weight is 476 g/mol. The van der Waals surface area contributed by atoms with Gasteiger partial charge in [-0.25, -0.2) is 8.42 Å². The number of anilines is 1. The Balaban J connectivity index is 1.48. The Morgan fingerprint density at radius 1 is 1.18 bits per heavy atom. The maximum Gasteiger partial charge on any atom is 0.241 e. The van der Waals surface area contributed by atoms with E-state index in [1.54, 1.807) is 24.3 Å². The zero-order valence-corrected chi connectivity index (χ0v) is 20.2. The number of rotatable bonds is 10. The van der Waals surface area contributed by atoms with E-state index in [9.17, 15) is 13.2 Å². The molecule has 0 saturated carbocycles. The van der Waals surface area contributed by atoms with Crippen molar-refractivity contribution in [2.45, 2.75) is 46.1 Å². The first kappa shape index (κ1) is 25.0. The van der Waals surface area contributed by atoms with E-state index >= 15 is 0 Å². The Labute approximate surface area is 196 Å². The minimum atomic E-state index is -3.83. The summed E-state index contributed by atoms with van der Waals surface area (Å²) in [7, 11) is -3.83. The van der Waals surface area contributed by atoms with Gasteiger partial charge in [-0.3, -0.25) is 14.4 Å². The molecule has 0 aliphatic carbocycles. The van der Waals surface area contributed by atoms with Gasteiger partial charge < -0.3 is 14.8 Å². The summed E-state index contributed by atoms with van der Waals surface area (Å²) in [6.07, 6.45) is 0.253. The predicted octanol–water partition coefficient (Wildman–Crippen LogP) is 2.75. The molecule has 2 aromatic carbocycles. The van der Waals surface area contributed by atoms with Crippen molar-refractivity contribution in [2.24, 2.45) is 0 Å². The normalized spacial score (nSPS) is 17.0. The lowest BCUT2D eigenvalue weighted by Gasteiger charge is -2.31. The van der Waals surface area contributed by atoms with E-state index in [4.69, 9.17) is 9.47 Å². The van der Waals surface area contributed by atoms with Crippen LogP contribution >= 0.6 is 0 Å². The van der Waals surface area contributed by atoms with Crippen molar-refractivity contribution in [3.05, 3.63) is 59.7 Å². The van der Waals surface area contributed by atoms with E-state index in [2.05, 4.69) is 27.9 Å². The monoisotopic (exact) mass is 475 g/mol. The molecule has 2 N–H and O–H groups in total. The van der Waals surface area contributed by atoms with Crippen LogP contribution in [-0.4, -0.2) is 56.9 Å². The van der Waals surface area contributed by atoms with Gasteiger partial charge in [-0.1, -0.05) is 24.3 Å². The van der Waals surface area contributed by atoms with Crippen LogP contribution in [0.2, 0.25) is 0 Å². The van der Waals surface area contributed by atoms with Crippen molar-refractivity contribution < 1.29 is 22.7 Å². The zero-order valence-electron chi connectivity index (χ0n) is 19.4. The second kappa shape index (κ2) is 11.5. The molecule has 2 aromatic rings. The van der Waals surface area contributed by atoms with Gasteiger partial charge >= 0.3 is 0 Å². The van der Waals surface area contributed by atoms with E-state index in [0.717, 1.165) is 37.4 Å². The van der Waals surface area contributed by atoms with E-state index in [0.29, 0.717) is 11.4 Å². The van der Waals surface area contributed by atoms with Crippen LogP contribution in [0.25, 0.3) is 0 Å². The molecule has 0 spiro atoms. The highest BCUT2D eigenvalue weighted by molar-refractivity contribution is 7.93. The fourth-order valence-electron chi connectivity index (χ4n) is 3.64. The van der Waals surface area contributed by atoms with Gasteiger partial charge in [0, 0.05) is 31.9 Å². The number of nitrogens with one attached hydrogen (secondary N) is 2. The summed E-state index contributed by atoms with van der Waals surface area (Å²) in [5, 5.41) is 2.70. The number of morpholine rings is 1. The minimum Gasteiger partial charge on any atom is -0.491 e. The highest BCUT2D eigenvalue weighted by Crippen LogP contribution is 2.18. The number of benzene rings is 2. The summed E-state index contributed by atoms with van der Waals surface area (Å²) in [6, 6.07) is 14.5. The van der Waals surface area contributed by atoms with Gasteiger partial charge in [0.25, 0.3) is 0 Å². The lowest BCUT2D eigenvalue weighted by molar-refractivity contribution is -0.118. The lowest BCUT2D eigenvalue weighted by Crippen LogP contribution is -2.40. The molecule has 3 rings (SSSR count). The van der Waals surface area contributed by atoms with Gasteiger partial charge in [-0.05, 0) is 56.2 Å². The molecule has 1 aliphatic heterocycles. The number of amides is 1. The Hall–Kier alpha value is -2.62. The highest BCUT2D eigenvalue weighted by Gasteiger charge is 2.18. The topological polar surface area (TPSA) is 97.0 Å². The minimum absolute atomic E-state index is 0.0278. The second-order valence-corrected chi connectivity index (χ2v) is 10.3. The Morgan fingerprint density at radius 2 is 1.91 bits per heavy atom. The number of nitrogens with zero attached hydrogens (tertiary/aromatic N) is 1. The molecular weight excluding hydrogens is 442 g/mol. The summed E-state index contributed by atoms with van der Waals surface area (Å²) in [6.45, 7) is 9.49. The Morgan fingerprint density at radius 3 is 2.61 bits per heavy atom. The van der Waals surface area contributed by atoms with Crippen LogP contribution in [-0.2, 0) is 32.6 Å². The van der Waals surface area contributed by atoms with Crippen molar-refractivity contribution >= 4 is 21.6 Å². The molecule has 1 aliphatic rings. The zero-order chi connectivity index (χ0) is 23.8. The highest BCUT2D eigenvalue weighted by atomic mass is 32.2. The fourth-order valence-corrected chi connectivity index (χ4v) is 4.66. The molecule has 33 heavy (non-hydrogen) atoms. The fraction of sp³-hybridized carbons (Fsp3) is 0.458. The molecule has 8 nitrogen and oxygen atoms in total.